The smallest absolute Gasteiger partial charge is 0.328 e. The zero-order chi connectivity index (χ0) is 16.9. The highest BCUT2D eigenvalue weighted by molar-refractivity contribution is 5.95. The van der Waals surface area contributed by atoms with Crippen LogP contribution in [0.1, 0.15) is 30.0 Å². The van der Waals surface area contributed by atoms with Gasteiger partial charge in [-0.25, -0.2) is 4.79 Å². The number of nitrogens with one attached hydrogen (secondary N) is 2. The summed E-state index contributed by atoms with van der Waals surface area (Å²) in [5.41, 5.74) is 1.07. The fourth-order valence-corrected chi connectivity index (χ4v) is 1.92. The number of hydrogen-bond donors (Lipinski definition) is 2. The van der Waals surface area contributed by atoms with E-state index >= 15 is 0 Å². The van der Waals surface area contributed by atoms with Gasteiger partial charge in [0.25, 0.3) is 5.91 Å². The SMILES string of the molecule is COC(=O)C(NC(=O)CNC(=O)c1cc(C)nn1C)C(C)C. The van der Waals surface area contributed by atoms with Gasteiger partial charge in [-0.05, 0) is 18.9 Å². The van der Waals surface area contributed by atoms with Crippen LogP contribution in [0.25, 0.3) is 0 Å². The van der Waals surface area contributed by atoms with E-state index in [1.807, 2.05) is 0 Å². The first kappa shape index (κ1) is 17.7. The second-order valence-electron chi connectivity index (χ2n) is 5.29. The summed E-state index contributed by atoms with van der Waals surface area (Å²) in [7, 11) is 2.91. The lowest BCUT2D eigenvalue weighted by Gasteiger charge is -2.19. The quantitative estimate of drug-likeness (QED) is 0.707. The van der Waals surface area contributed by atoms with E-state index in [-0.39, 0.29) is 12.5 Å². The van der Waals surface area contributed by atoms with Crippen LogP contribution in [0.3, 0.4) is 0 Å². The van der Waals surface area contributed by atoms with Crippen molar-refractivity contribution in [2.45, 2.75) is 26.8 Å². The van der Waals surface area contributed by atoms with Crippen molar-refractivity contribution in [1.29, 1.82) is 0 Å². The number of aryl methyl sites for hydroxylation is 2. The first-order valence-electron chi connectivity index (χ1n) is 6.92. The van der Waals surface area contributed by atoms with Crippen molar-refractivity contribution in [3.63, 3.8) is 0 Å². The number of ether oxygens (including phenoxy) is 1. The summed E-state index contributed by atoms with van der Waals surface area (Å²) < 4.78 is 6.07. The molecule has 2 N–H and O–H groups in total. The highest BCUT2D eigenvalue weighted by atomic mass is 16.5. The molecule has 0 aliphatic carbocycles. The fourth-order valence-electron chi connectivity index (χ4n) is 1.92. The summed E-state index contributed by atoms with van der Waals surface area (Å²) in [5, 5.41) is 9.09. The third-order valence-corrected chi connectivity index (χ3v) is 3.08. The summed E-state index contributed by atoms with van der Waals surface area (Å²) in [5.74, 6) is -1.50. The molecule has 1 rings (SSSR count). The lowest BCUT2D eigenvalue weighted by atomic mass is 10.0. The largest absolute Gasteiger partial charge is 0.467 e. The Bertz CT molecular complexity index is 565. The molecule has 1 heterocycles. The van der Waals surface area contributed by atoms with Crippen molar-refractivity contribution in [3.8, 4) is 0 Å². The molecule has 0 fully saturated rings. The molecule has 0 aliphatic heterocycles. The van der Waals surface area contributed by atoms with Gasteiger partial charge in [0, 0.05) is 7.05 Å². The highest BCUT2D eigenvalue weighted by Gasteiger charge is 2.25. The molecule has 0 saturated carbocycles. The average Bonchev–Trinajstić information content (AvgIpc) is 2.79. The van der Waals surface area contributed by atoms with E-state index < -0.39 is 23.8 Å². The monoisotopic (exact) mass is 310 g/mol. The Kier molecular flexibility index (Phi) is 6.09. The molecule has 0 aliphatic rings. The number of carbonyl (C=O) groups is 3. The fraction of sp³-hybridized carbons (Fsp3) is 0.571. The van der Waals surface area contributed by atoms with Crippen LogP contribution in [0.5, 0.6) is 0 Å². The molecule has 0 aromatic carbocycles. The molecule has 1 atom stereocenters. The third kappa shape index (κ3) is 4.57. The Balaban J connectivity index is 2.57. The van der Waals surface area contributed by atoms with Crippen LogP contribution in [0.4, 0.5) is 0 Å². The van der Waals surface area contributed by atoms with Crippen molar-refractivity contribution in [3.05, 3.63) is 17.5 Å². The predicted molar refractivity (Wildman–Crippen MR) is 79.1 cm³/mol. The lowest BCUT2D eigenvalue weighted by molar-refractivity contribution is -0.146. The van der Waals surface area contributed by atoms with Gasteiger partial charge in [-0.15, -0.1) is 0 Å². The van der Waals surface area contributed by atoms with E-state index in [4.69, 9.17) is 0 Å². The van der Waals surface area contributed by atoms with Crippen LogP contribution in [-0.2, 0) is 21.4 Å². The lowest BCUT2D eigenvalue weighted by Crippen LogP contribution is -2.48. The summed E-state index contributed by atoms with van der Waals surface area (Å²) in [4.78, 5) is 35.4. The van der Waals surface area contributed by atoms with Gasteiger partial charge in [-0.2, -0.15) is 5.10 Å². The zero-order valence-corrected chi connectivity index (χ0v) is 13.5. The summed E-state index contributed by atoms with van der Waals surface area (Å²) in [6, 6.07) is 0.881. The van der Waals surface area contributed by atoms with Gasteiger partial charge in [0.15, 0.2) is 0 Å². The first-order chi connectivity index (χ1) is 10.3. The number of hydrogen-bond acceptors (Lipinski definition) is 5. The second-order valence-corrected chi connectivity index (χ2v) is 5.29. The minimum absolute atomic E-state index is 0.119. The number of esters is 1. The van der Waals surface area contributed by atoms with Gasteiger partial charge < -0.3 is 15.4 Å². The molecule has 2 amide bonds. The van der Waals surface area contributed by atoms with Gasteiger partial charge in [-0.1, -0.05) is 13.8 Å². The summed E-state index contributed by atoms with van der Waals surface area (Å²) in [6.45, 7) is 5.12. The molecule has 0 bridgehead atoms. The number of aromatic nitrogens is 2. The predicted octanol–water partition coefficient (Wildman–Crippen LogP) is -0.228. The number of methoxy groups -OCH3 is 1. The van der Waals surface area contributed by atoms with Gasteiger partial charge in [0.05, 0.1) is 19.3 Å². The molecule has 1 unspecified atom stereocenters. The molecule has 0 radical (unpaired) electrons. The molecule has 8 heteroatoms. The molecule has 1 aromatic heterocycles. The van der Waals surface area contributed by atoms with Crippen molar-refractivity contribution < 1.29 is 19.1 Å². The molecule has 122 valence electrons. The van der Waals surface area contributed by atoms with Crippen LogP contribution in [0, 0.1) is 12.8 Å². The van der Waals surface area contributed by atoms with E-state index in [0.29, 0.717) is 11.4 Å². The highest BCUT2D eigenvalue weighted by Crippen LogP contribution is 2.03. The molecular weight excluding hydrogens is 288 g/mol. The average molecular weight is 310 g/mol. The molecule has 1 aromatic rings. The molecule has 0 spiro atoms. The van der Waals surface area contributed by atoms with Crippen LogP contribution in [0.15, 0.2) is 6.07 Å². The van der Waals surface area contributed by atoms with Gasteiger partial charge >= 0.3 is 5.97 Å². The number of carbonyl (C=O) groups excluding carboxylic acids is 3. The van der Waals surface area contributed by atoms with Crippen molar-refractivity contribution in [2.24, 2.45) is 13.0 Å². The maximum absolute atomic E-state index is 11.9. The van der Waals surface area contributed by atoms with Gasteiger partial charge in [0.1, 0.15) is 11.7 Å². The Hall–Kier alpha value is -2.38. The van der Waals surface area contributed by atoms with Crippen LogP contribution in [0.2, 0.25) is 0 Å². The van der Waals surface area contributed by atoms with Crippen molar-refractivity contribution >= 4 is 17.8 Å². The molecular formula is C14H22N4O4. The maximum atomic E-state index is 11.9. The van der Waals surface area contributed by atoms with Gasteiger partial charge in [0.2, 0.25) is 5.91 Å². The third-order valence-electron chi connectivity index (χ3n) is 3.08. The zero-order valence-electron chi connectivity index (χ0n) is 13.5. The van der Waals surface area contributed by atoms with Crippen LogP contribution in [-0.4, -0.2) is 47.3 Å². The first-order valence-corrected chi connectivity index (χ1v) is 6.92. The Labute approximate surface area is 129 Å². The number of amides is 2. The number of nitrogens with zero attached hydrogens (tertiary/aromatic N) is 2. The van der Waals surface area contributed by atoms with Crippen molar-refractivity contribution in [1.82, 2.24) is 20.4 Å². The van der Waals surface area contributed by atoms with Gasteiger partial charge in [-0.3, -0.25) is 14.3 Å². The Morgan fingerprint density at radius 2 is 2.00 bits per heavy atom. The molecule has 22 heavy (non-hydrogen) atoms. The van der Waals surface area contributed by atoms with E-state index in [1.54, 1.807) is 33.9 Å². The second kappa shape index (κ2) is 7.58. The normalized spacial score (nSPS) is 11.9. The number of rotatable bonds is 6. The Morgan fingerprint density at radius 3 is 2.45 bits per heavy atom. The minimum Gasteiger partial charge on any atom is -0.467 e. The summed E-state index contributed by atoms with van der Waals surface area (Å²) in [6.07, 6.45) is 0. The van der Waals surface area contributed by atoms with Crippen LogP contribution < -0.4 is 10.6 Å². The van der Waals surface area contributed by atoms with E-state index in [2.05, 4.69) is 20.5 Å². The topological polar surface area (TPSA) is 102 Å². The van der Waals surface area contributed by atoms with Crippen LogP contribution >= 0.6 is 0 Å². The molecule has 8 nitrogen and oxygen atoms in total. The van der Waals surface area contributed by atoms with E-state index in [1.165, 1.54) is 11.8 Å². The molecule has 0 saturated heterocycles. The maximum Gasteiger partial charge on any atom is 0.328 e. The standard InChI is InChI=1S/C14H22N4O4/c1-8(2)12(14(21)22-5)16-11(19)7-15-13(20)10-6-9(3)17-18(10)4/h6,8,12H,7H2,1-5H3,(H,15,20)(H,16,19). The summed E-state index contributed by atoms with van der Waals surface area (Å²) >= 11 is 0. The Morgan fingerprint density at radius 1 is 1.36 bits per heavy atom. The van der Waals surface area contributed by atoms with E-state index in [0.717, 1.165) is 0 Å². The minimum atomic E-state index is -0.742. The van der Waals surface area contributed by atoms with Crippen molar-refractivity contribution in [2.75, 3.05) is 13.7 Å². The van der Waals surface area contributed by atoms with E-state index in [9.17, 15) is 14.4 Å².